The van der Waals surface area contributed by atoms with Gasteiger partial charge in [0.1, 0.15) is 0 Å². The maximum atomic E-state index is 11.9. The van der Waals surface area contributed by atoms with Gasteiger partial charge in [-0.05, 0) is 12.0 Å². The molecule has 2 unspecified atom stereocenters. The van der Waals surface area contributed by atoms with Crippen LogP contribution < -0.4 is 11.1 Å². The zero-order valence-corrected chi connectivity index (χ0v) is 10.7. The molecule has 2 rings (SSSR count). The number of benzene rings is 1. The lowest BCUT2D eigenvalue weighted by Gasteiger charge is -2.24. The zero-order chi connectivity index (χ0) is 13.0. The summed E-state index contributed by atoms with van der Waals surface area (Å²) in [7, 11) is 0. The van der Waals surface area contributed by atoms with Gasteiger partial charge in [0.2, 0.25) is 0 Å². The molecule has 4 nitrogen and oxygen atoms in total. The van der Waals surface area contributed by atoms with Gasteiger partial charge in [0, 0.05) is 18.7 Å². The number of rotatable bonds is 4. The highest BCUT2D eigenvalue weighted by molar-refractivity contribution is 5.99. The predicted octanol–water partition coefficient (Wildman–Crippen LogP) is 1.27. The van der Waals surface area contributed by atoms with Crippen LogP contribution in [0.3, 0.4) is 0 Å². The molecule has 0 amide bonds. The molecular weight excluding hydrogens is 228 g/mol. The highest BCUT2D eigenvalue weighted by Crippen LogP contribution is 2.19. The molecule has 0 saturated carbocycles. The Morgan fingerprint density at radius 3 is 2.78 bits per heavy atom. The summed E-state index contributed by atoms with van der Waals surface area (Å²) in [5.41, 5.74) is 7.52. The lowest BCUT2D eigenvalue weighted by molar-refractivity contribution is 0.0277. The number of carbonyl (C=O) groups is 1. The Kier molecular flexibility index (Phi) is 4.47. The lowest BCUT2D eigenvalue weighted by Crippen LogP contribution is -2.33. The molecule has 98 valence electrons. The van der Waals surface area contributed by atoms with Crippen LogP contribution in [0.1, 0.15) is 35.4 Å². The number of hydrogen-bond acceptors (Lipinski definition) is 4. The van der Waals surface area contributed by atoms with Crippen LogP contribution in [-0.2, 0) is 4.74 Å². The molecule has 2 atom stereocenters. The van der Waals surface area contributed by atoms with E-state index in [2.05, 4.69) is 5.32 Å². The summed E-state index contributed by atoms with van der Waals surface area (Å²) < 4.78 is 5.66. The van der Waals surface area contributed by atoms with E-state index in [1.54, 1.807) is 0 Å². The summed E-state index contributed by atoms with van der Waals surface area (Å²) in [6, 6.07) is 7.18. The van der Waals surface area contributed by atoms with Crippen LogP contribution in [0.4, 0.5) is 0 Å². The molecule has 1 aliphatic heterocycles. The van der Waals surface area contributed by atoms with Crippen LogP contribution in [0.25, 0.3) is 0 Å². The summed E-state index contributed by atoms with van der Waals surface area (Å²) >= 11 is 0. The van der Waals surface area contributed by atoms with Crippen molar-refractivity contribution in [2.75, 3.05) is 19.7 Å². The van der Waals surface area contributed by atoms with Crippen LogP contribution >= 0.6 is 0 Å². The minimum atomic E-state index is -0.400. The third kappa shape index (κ3) is 2.96. The van der Waals surface area contributed by atoms with Crippen molar-refractivity contribution in [3.63, 3.8) is 0 Å². The van der Waals surface area contributed by atoms with Crippen molar-refractivity contribution in [3.8, 4) is 0 Å². The largest absolute Gasteiger partial charge is 0.371 e. The Morgan fingerprint density at radius 2 is 2.22 bits per heavy atom. The number of nitrogens with one attached hydrogen (secondary N) is 1. The Labute approximate surface area is 108 Å². The third-order valence-electron chi connectivity index (χ3n) is 3.27. The van der Waals surface area contributed by atoms with E-state index < -0.39 is 6.04 Å². The van der Waals surface area contributed by atoms with Gasteiger partial charge in [0.25, 0.3) is 0 Å². The van der Waals surface area contributed by atoms with E-state index >= 15 is 0 Å². The number of carbonyl (C=O) groups excluding carboxylic acids is 1. The van der Waals surface area contributed by atoms with E-state index in [9.17, 15) is 4.79 Å². The number of ether oxygens (including phenoxy) is 1. The fraction of sp³-hybridized carbons (Fsp3) is 0.500. The average Bonchev–Trinajstić information content (AvgIpc) is 2.47. The molecule has 0 bridgehead atoms. The van der Waals surface area contributed by atoms with Crippen molar-refractivity contribution in [3.05, 3.63) is 35.4 Å². The summed E-state index contributed by atoms with van der Waals surface area (Å²) in [6.45, 7) is 4.37. The molecule has 1 heterocycles. The normalized spacial score (nSPS) is 21.6. The van der Waals surface area contributed by atoms with Crippen molar-refractivity contribution >= 4 is 5.78 Å². The fourth-order valence-electron chi connectivity index (χ4n) is 2.04. The van der Waals surface area contributed by atoms with Gasteiger partial charge in [-0.1, -0.05) is 31.2 Å². The highest BCUT2D eigenvalue weighted by Gasteiger charge is 2.17. The Hall–Kier alpha value is -1.23. The summed E-state index contributed by atoms with van der Waals surface area (Å²) in [5, 5.41) is 3.29. The average molecular weight is 248 g/mol. The molecule has 1 aromatic rings. The molecule has 0 aromatic heterocycles. The Morgan fingerprint density at radius 1 is 1.50 bits per heavy atom. The van der Waals surface area contributed by atoms with E-state index in [1.807, 2.05) is 31.2 Å². The first kappa shape index (κ1) is 13.2. The summed E-state index contributed by atoms with van der Waals surface area (Å²) in [4.78, 5) is 11.9. The Bertz CT molecular complexity index is 397. The van der Waals surface area contributed by atoms with E-state index in [4.69, 9.17) is 10.5 Å². The van der Waals surface area contributed by atoms with E-state index in [0.29, 0.717) is 12.0 Å². The molecule has 3 N–H and O–H groups in total. The molecule has 0 radical (unpaired) electrons. The molecule has 0 aliphatic carbocycles. The number of Topliss-reactive ketones (excluding diaryl/α,β-unsaturated/α-hetero) is 1. The van der Waals surface area contributed by atoms with Crippen molar-refractivity contribution in [2.24, 2.45) is 5.73 Å². The first-order valence-electron chi connectivity index (χ1n) is 6.44. The molecular formula is C14H20N2O2. The lowest BCUT2D eigenvalue weighted by atomic mass is 10.00. The van der Waals surface area contributed by atoms with Crippen LogP contribution in [0, 0.1) is 0 Å². The maximum Gasteiger partial charge on any atom is 0.179 e. The van der Waals surface area contributed by atoms with Crippen LogP contribution in [0.2, 0.25) is 0 Å². The van der Waals surface area contributed by atoms with Crippen LogP contribution in [0.5, 0.6) is 0 Å². The van der Waals surface area contributed by atoms with Crippen molar-refractivity contribution in [1.29, 1.82) is 0 Å². The molecule has 18 heavy (non-hydrogen) atoms. The van der Waals surface area contributed by atoms with Gasteiger partial charge >= 0.3 is 0 Å². The van der Waals surface area contributed by atoms with E-state index in [0.717, 1.165) is 25.3 Å². The smallest absolute Gasteiger partial charge is 0.179 e. The summed E-state index contributed by atoms with van der Waals surface area (Å²) in [5.74, 6) is 0.00624. The van der Waals surface area contributed by atoms with Gasteiger partial charge in [0.15, 0.2) is 5.78 Å². The minimum absolute atomic E-state index is 0.00624. The van der Waals surface area contributed by atoms with Gasteiger partial charge in [-0.2, -0.15) is 0 Å². The first-order chi connectivity index (χ1) is 8.72. The maximum absolute atomic E-state index is 11.9. The SMILES string of the molecule is CCC(N)C(=O)c1ccc(C2CNCCO2)cc1. The standard InChI is InChI=1S/C14H20N2O2/c1-2-12(15)14(17)11-5-3-10(4-6-11)13-9-16-7-8-18-13/h3-6,12-13,16H,2,7-9,15H2,1H3. The second-order valence-electron chi connectivity index (χ2n) is 4.56. The molecule has 1 aliphatic rings. The molecule has 0 spiro atoms. The Balaban J connectivity index is 2.07. The zero-order valence-electron chi connectivity index (χ0n) is 10.7. The van der Waals surface area contributed by atoms with Gasteiger partial charge in [-0.15, -0.1) is 0 Å². The number of ketones is 1. The second-order valence-corrected chi connectivity index (χ2v) is 4.56. The monoisotopic (exact) mass is 248 g/mol. The quantitative estimate of drug-likeness (QED) is 0.788. The van der Waals surface area contributed by atoms with E-state index in [1.165, 1.54) is 0 Å². The predicted molar refractivity (Wildman–Crippen MR) is 70.6 cm³/mol. The van der Waals surface area contributed by atoms with Crippen molar-refractivity contribution in [1.82, 2.24) is 5.32 Å². The molecule has 1 saturated heterocycles. The van der Waals surface area contributed by atoms with Gasteiger partial charge in [-0.25, -0.2) is 0 Å². The number of morpholine rings is 1. The van der Waals surface area contributed by atoms with Gasteiger partial charge in [0.05, 0.1) is 18.8 Å². The highest BCUT2D eigenvalue weighted by atomic mass is 16.5. The van der Waals surface area contributed by atoms with Gasteiger partial charge in [-0.3, -0.25) is 4.79 Å². The third-order valence-corrected chi connectivity index (χ3v) is 3.27. The second kappa shape index (κ2) is 6.09. The van der Waals surface area contributed by atoms with Gasteiger partial charge < -0.3 is 15.8 Å². The van der Waals surface area contributed by atoms with Crippen LogP contribution in [-0.4, -0.2) is 31.5 Å². The first-order valence-corrected chi connectivity index (χ1v) is 6.44. The van der Waals surface area contributed by atoms with Crippen molar-refractivity contribution in [2.45, 2.75) is 25.5 Å². The molecule has 4 heteroatoms. The topological polar surface area (TPSA) is 64.4 Å². The fourth-order valence-corrected chi connectivity index (χ4v) is 2.04. The summed E-state index contributed by atoms with van der Waals surface area (Å²) in [6.07, 6.45) is 0.749. The minimum Gasteiger partial charge on any atom is -0.371 e. The number of nitrogens with two attached hydrogens (primary N) is 1. The molecule has 1 fully saturated rings. The number of hydrogen-bond donors (Lipinski definition) is 2. The van der Waals surface area contributed by atoms with Crippen LogP contribution in [0.15, 0.2) is 24.3 Å². The molecule has 1 aromatic carbocycles. The van der Waals surface area contributed by atoms with E-state index in [-0.39, 0.29) is 11.9 Å². The van der Waals surface area contributed by atoms with Crippen molar-refractivity contribution < 1.29 is 9.53 Å².